The number of anilines is 1. The van der Waals surface area contributed by atoms with Gasteiger partial charge in [0.2, 0.25) is 0 Å². The number of amides is 1. The van der Waals surface area contributed by atoms with Crippen LogP contribution in [0.4, 0.5) is 5.13 Å². The molecule has 0 atom stereocenters. The van der Waals surface area contributed by atoms with Gasteiger partial charge < -0.3 is 9.64 Å². The molecule has 0 saturated heterocycles. The van der Waals surface area contributed by atoms with E-state index in [1.165, 1.54) is 17.6 Å². The first-order valence-electron chi connectivity index (χ1n) is 11.8. The quantitative estimate of drug-likeness (QED) is 0.240. The molecule has 4 rings (SSSR count). The van der Waals surface area contributed by atoms with Gasteiger partial charge in [-0.05, 0) is 55.6 Å². The Balaban J connectivity index is 0.00000380. The average molecular weight is 560 g/mol. The Labute approximate surface area is 228 Å². The van der Waals surface area contributed by atoms with Crippen molar-refractivity contribution in [1.82, 2.24) is 9.88 Å². The highest BCUT2D eigenvalue weighted by Gasteiger charge is 2.24. The number of sulfone groups is 1. The minimum absolute atomic E-state index is 0. The summed E-state index contributed by atoms with van der Waals surface area (Å²) < 4.78 is 31.3. The van der Waals surface area contributed by atoms with Gasteiger partial charge >= 0.3 is 0 Å². The number of fused-ring (bicyclic) bond motifs is 1. The monoisotopic (exact) mass is 559 g/mol. The average Bonchev–Trinajstić information content (AvgIpc) is 3.30. The molecule has 0 aliphatic rings. The highest BCUT2D eigenvalue weighted by atomic mass is 35.5. The highest BCUT2D eigenvalue weighted by Crippen LogP contribution is 2.33. The lowest BCUT2D eigenvalue weighted by Gasteiger charge is -2.25. The van der Waals surface area contributed by atoms with Crippen molar-refractivity contribution in [2.24, 2.45) is 0 Å². The van der Waals surface area contributed by atoms with E-state index in [0.717, 1.165) is 17.8 Å². The molecular formula is C27H30ClN3O4S2. The fourth-order valence-corrected chi connectivity index (χ4v) is 5.78. The minimum Gasteiger partial charge on any atom is -0.457 e. The zero-order valence-electron chi connectivity index (χ0n) is 21.0. The molecule has 1 amide bonds. The van der Waals surface area contributed by atoms with Crippen molar-refractivity contribution in [2.45, 2.75) is 18.7 Å². The molecule has 0 radical (unpaired) electrons. The first-order chi connectivity index (χ1) is 17.3. The van der Waals surface area contributed by atoms with Gasteiger partial charge in [-0.3, -0.25) is 9.69 Å². The van der Waals surface area contributed by atoms with Crippen molar-refractivity contribution < 1.29 is 17.9 Å². The van der Waals surface area contributed by atoms with E-state index in [4.69, 9.17) is 4.74 Å². The van der Waals surface area contributed by atoms with Gasteiger partial charge in [0, 0.05) is 24.9 Å². The summed E-state index contributed by atoms with van der Waals surface area (Å²) in [5.41, 5.74) is 0.854. The van der Waals surface area contributed by atoms with Crippen LogP contribution in [0.2, 0.25) is 0 Å². The number of halogens is 1. The third kappa shape index (κ3) is 6.87. The number of nitrogens with zero attached hydrogens (tertiary/aromatic N) is 3. The van der Waals surface area contributed by atoms with Crippen molar-refractivity contribution >= 4 is 54.8 Å². The maximum Gasteiger partial charge on any atom is 0.260 e. The van der Waals surface area contributed by atoms with Crippen LogP contribution in [-0.4, -0.2) is 56.6 Å². The zero-order valence-corrected chi connectivity index (χ0v) is 23.4. The summed E-state index contributed by atoms with van der Waals surface area (Å²) in [5.74, 6) is 1.01. The van der Waals surface area contributed by atoms with Crippen molar-refractivity contribution in [2.75, 3.05) is 37.3 Å². The molecule has 0 fully saturated rings. The Morgan fingerprint density at radius 1 is 0.919 bits per heavy atom. The molecule has 10 heteroatoms. The standard InChI is InChI=1S/C27H29N3O4S2.ClH/c1-4-29(5-2)17-18-30(27-28-25-23(35-27)15-10-16-24(25)36(3,32)33)26(31)20-11-9-14-22(19-20)34-21-12-7-6-8-13-21;/h6-16,19H,4-5,17-18H2,1-3H3;1H. The Morgan fingerprint density at radius 2 is 1.59 bits per heavy atom. The van der Waals surface area contributed by atoms with Gasteiger partial charge in [0.25, 0.3) is 5.91 Å². The van der Waals surface area contributed by atoms with Crippen LogP contribution >= 0.6 is 23.7 Å². The van der Waals surface area contributed by atoms with Gasteiger partial charge in [0.05, 0.1) is 9.60 Å². The van der Waals surface area contributed by atoms with E-state index < -0.39 is 9.84 Å². The third-order valence-corrected chi connectivity index (χ3v) is 8.01. The smallest absolute Gasteiger partial charge is 0.260 e. The number of benzene rings is 3. The van der Waals surface area contributed by atoms with Crippen LogP contribution in [0, 0.1) is 0 Å². The van der Waals surface area contributed by atoms with Crippen molar-refractivity contribution in [3.63, 3.8) is 0 Å². The van der Waals surface area contributed by atoms with E-state index in [-0.39, 0.29) is 23.2 Å². The van der Waals surface area contributed by atoms with E-state index >= 15 is 0 Å². The predicted molar refractivity (Wildman–Crippen MR) is 152 cm³/mol. The number of hydrogen-bond donors (Lipinski definition) is 0. The number of carbonyl (C=O) groups excluding carboxylic acids is 1. The summed E-state index contributed by atoms with van der Waals surface area (Å²) in [6.45, 7) is 6.95. The molecule has 7 nitrogen and oxygen atoms in total. The molecule has 0 N–H and O–H groups in total. The normalized spacial score (nSPS) is 11.4. The summed E-state index contributed by atoms with van der Waals surface area (Å²) in [6, 6.07) is 21.5. The predicted octanol–water partition coefficient (Wildman–Crippen LogP) is 5.90. The Kier molecular flexibility index (Phi) is 9.67. The molecule has 0 spiro atoms. The fraction of sp³-hybridized carbons (Fsp3) is 0.259. The van der Waals surface area contributed by atoms with Crippen molar-refractivity contribution in [3.8, 4) is 11.5 Å². The minimum atomic E-state index is -3.47. The highest BCUT2D eigenvalue weighted by molar-refractivity contribution is 7.91. The third-order valence-electron chi connectivity index (χ3n) is 5.84. The zero-order chi connectivity index (χ0) is 25.7. The van der Waals surface area contributed by atoms with Gasteiger partial charge in [-0.25, -0.2) is 13.4 Å². The second kappa shape index (κ2) is 12.5. The molecule has 1 heterocycles. The van der Waals surface area contributed by atoms with Crippen LogP contribution < -0.4 is 9.64 Å². The fourth-order valence-electron chi connectivity index (χ4n) is 3.86. The van der Waals surface area contributed by atoms with E-state index in [1.807, 2.05) is 36.4 Å². The summed E-state index contributed by atoms with van der Waals surface area (Å²) in [7, 11) is -3.47. The summed E-state index contributed by atoms with van der Waals surface area (Å²) in [6.07, 6.45) is 1.17. The lowest BCUT2D eigenvalue weighted by atomic mass is 10.2. The molecule has 37 heavy (non-hydrogen) atoms. The van der Waals surface area contributed by atoms with E-state index in [9.17, 15) is 13.2 Å². The topological polar surface area (TPSA) is 79.8 Å². The Morgan fingerprint density at radius 3 is 2.27 bits per heavy atom. The van der Waals surface area contributed by atoms with E-state index in [1.54, 1.807) is 41.3 Å². The second-order valence-electron chi connectivity index (χ2n) is 8.30. The number of thiazole rings is 1. The maximum atomic E-state index is 13.8. The molecule has 1 aromatic heterocycles. The molecule has 196 valence electrons. The van der Waals surface area contributed by atoms with Crippen molar-refractivity contribution in [3.05, 3.63) is 78.4 Å². The largest absolute Gasteiger partial charge is 0.457 e. The summed E-state index contributed by atoms with van der Waals surface area (Å²) >= 11 is 1.31. The second-order valence-corrected chi connectivity index (χ2v) is 11.3. The first-order valence-corrected chi connectivity index (χ1v) is 14.5. The van der Waals surface area contributed by atoms with Crippen LogP contribution in [0.1, 0.15) is 24.2 Å². The van der Waals surface area contributed by atoms with Crippen molar-refractivity contribution in [1.29, 1.82) is 0 Å². The Hall–Kier alpha value is -2.98. The lowest BCUT2D eigenvalue weighted by molar-refractivity contribution is 0.0983. The van der Waals surface area contributed by atoms with E-state index in [2.05, 4.69) is 23.7 Å². The van der Waals surface area contributed by atoms with Crippen LogP contribution in [0.5, 0.6) is 11.5 Å². The maximum absolute atomic E-state index is 13.8. The van der Waals surface area contributed by atoms with Crippen LogP contribution in [0.25, 0.3) is 10.2 Å². The summed E-state index contributed by atoms with van der Waals surface area (Å²) in [5, 5.41) is 0.465. The number of carbonyl (C=O) groups is 1. The van der Waals surface area contributed by atoms with Gasteiger partial charge in [-0.2, -0.15) is 0 Å². The van der Waals surface area contributed by atoms with Gasteiger partial charge in [-0.1, -0.05) is 55.5 Å². The number of likely N-dealkylation sites (N-methyl/N-ethyl adjacent to an activating group) is 1. The van der Waals surface area contributed by atoms with Crippen LogP contribution in [0.15, 0.2) is 77.7 Å². The molecule has 0 aliphatic carbocycles. The number of rotatable bonds is 10. The van der Waals surface area contributed by atoms with Gasteiger partial charge in [0.15, 0.2) is 15.0 Å². The van der Waals surface area contributed by atoms with Gasteiger partial charge in [0.1, 0.15) is 17.0 Å². The molecule has 0 unspecified atom stereocenters. The number of hydrogen-bond acceptors (Lipinski definition) is 7. The molecule has 3 aromatic carbocycles. The number of aromatic nitrogens is 1. The van der Waals surface area contributed by atoms with Gasteiger partial charge in [-0.15, -0.1) is 12.4 Å². The van der Waals surface area contributed by atoms with Crippen LogP contribution in [-0.2, 0) is 9.84 Å². The molecule has 0 saturated carbocycles. The molecule has 4 aromatic rings. The molecule has 0 bridgehead atoms. The molecule has 0 aliphatic heterocycles. The number of ether oxygens (including phenoxy) is 1. The SMILES string of the molecule is CCN(CC)CCN(C(=O)c1cccc(Oc2ccccc2)c1)c1nc2c(S(C)(=O)=O)cccc2s1.Cl. The Bertz CT molecular complexity index is 1460. The van der Waals surface area contributed by atoms with Crippen LogP contribution in [0.3, 0.4) is 0 Å². The number of para-hydroxylation sites is 2. The van der Waals surface area contributed by atoms with E-state index in [0.29, 0.717) is 40.8 Å². The first kappa shape index (κ1) is 28.6. The molecular weight excluding hydrogens is 530 g/mol. The summed E-state index contributed by atoms with van der Waals surface area (Å²) in [4.78, 5) is 22.5. The lowest BCUT2D eigenvalue weighted by Crippen LogP contribution is -2.38.